The first-order chi connectivity index (χ1) is 12.3. The molecule has 0 amide bonds. The van der Waals surface area contributed by atoms with Crippen LogP contribution in [0.4, 0.5) is 0 Å². The summed E-state index contributed by atoms with van der Waals surface area (Å²) in [6, 6.07) is 27.4. The minimum absolute atomic E-state index is 0. The number of rotatable bonds is 6. The summed E-state index contributed by atoms with van der Waals surface area (Å²) in [7, 11) is 2.05. The fourth-order valence-electron chi connectivity index (χ4n) is 3.36. The Morgan fingerprint density at radius 2 is 1.62 bits per heavy atom. The molecule has 0 saturated heterocycles. The van der Waals surface area contributed by atoms with Gasteiger partial charge in [-0.3, -0.25) is 0 Å². The second kappa shape index (κ2) is 7.94. The van der Waals surface area contributed by atoms with Gasteiger partial charge in [-0.05, 0) is 48.7 Å². The van der Waals surface area contributed by atoms with Gasteiger partial charge >= 0.3 is 0 Å². The van der Waals surface area contributed by atoms with E-state index in [0.717, 1.165) is 11.3 Å². The van der Waals surface area contributed by atoms with Gasteiger partial charge in [-0.1, -0.05) is 66.7 Å². The highest BCUT2D eigenvalue weighted by atomic mass is 35.5. The largest absolute Gasteiger partial charge is 0.488 e. The van der Waals surface area contributed by atoms with Gasteiger partial charge in [0.05, 0.1) is 0 Å². The molecule has 0 radical (unpaired) electrons. The molecule has 0 heterocycles. The lowest BCUT2D eigenvalue weighted by Crippen LogP contribution is -2.24. The van der Waals surface area contributed by atoms with Crippen LogP contribution in [0.2, 0.25) is 0 Å². The zero-order valence-electron chi connectivity index (χ0n) is 14.9. The van der Waals surface area contributed by atoms with Crippen LogP contribution in [0.1, 0.15) is 24.0 Å². The molecule has 1 N–H and O–H groups in total. The highest BCUT2D eigenvalue weighted by Gasteiger charge is 2.42. The fraction of sp³-hybridized carbons (Fsp3) is 0.217. The molecule has 3 aromatic rings. The zero-order valence-corrected chi connectivity index (χ0v) is 15.8. The summed E-state index contributed by atoms with van der Waals surface area (Å²) < 4.78 is 6.13. The molecule has 0 aromatic heterocycles. The van der Waals surface area contributed by atoms with Crippen LogP contribution >= 0.6 is 12.4 Å². The third-order valence-corrected chi connectivity index (χ3v) is 5.08. The quantitative estimate of drug-likeness (QED) is 0.617. The average molecular weight is 366 g/mol. The van der Waals surface area contributed by atoms with Crippen molar-refractivity contribution in [2.75, 3.05) is 7.05 Å². The number of para-hydroxylation sites is 1. The van der Waals surface area contributed by atoms with Gasteiger partial charge in [-0.2, -0.15) is 0 Å². The molecule has 1 aliphatic rings. The highest BCUT2D eigenvalue weighted by molar-refractivity contribution is 5.85. The van der Waals surface area contributed by atoms with E-state index in [1.54, 1.807) is 0 Å². The van der Waals surface area contributed by atoms with Gasteiger partial charge in [-0.15, -0.1) is 12.4 Å². The van der Waals surface area contributed by atoms with Crippen molar-refractivity contribution < 1.29 is 4.74 Å². The smallest absolute Gasteiger partial charge is 0.127 e. The second-order valence-corrected chi connectivity index (χ2v) is 6.68. The first-order valence-corrected chi connectivity index (χ1v) is 8.86. The highest BCUT2D eigenvalue weighted by Crippen LogP contribution is 2.46. The lowest BCUT2D eigenvalue weighted by atomic mass is 9.97. The Bertz CT molecular complexity index is 859. The average Bonchev–Trinajstić information content (AvgIpc) is 3.49. The Labute approximate surface area is 161 Å². The van der Waals surface area contributed by atoms with Gasteiger partial charge in [-0.25, -0.2) is 0 Å². The maximum Gasteiger partial charge on any atom is 0.127 e. The molecule has 0 unspecified atom stereocenters. The first kappa shape index (κ1) is 18.5. The van der Waals surface area contributed by atoms with Gasteiger partial charge in [0, 0.05) is 11.1 Å². The molecule has 3 aromatic carbocycles. The third-order valence-electron chi connectivity index (χ3n) is 5.08. The van der Waals surface area contributed by atoms with E-state index in [1.807, 2.05) is 24.3 Å². The van der Waals surface area contributed by atoms with Gasteiger partial charge in [0.15, 0.2) is 0 Å². The summed E-state index contributed by atoms with van der Waals surface area (Å²) in [6.07, 6.45) is 2.41. The van der Waals surface area contributed by atoms with Crippen LogP contribution in [-0.2, 0) is 12.1 Å². The second-order valence-electron chi connectivity index (χ2n) is 6.68. The van der Waals surface area contributed by atoms with E-state index in [4.69, 9.17) is 4.74 Å². The molecular formula is C23H24ClNO. The Hall–Kier alpha value is -2.29. The van der Waals surface area contributed by atoms with Crippen LogP contribution < -0.4 is 10.1 Å². The normalized spacial score (nSPS) is 14.3. The molecule has 1 saturated carbocycles. The molecule has 1 aliphatic carbocycles. The number of hydrogen-bond acceptors (Lipinski definition) is 2. The van der Waals surface area contributed by atoms with Gasteiger partial charge in [0.25, 0.3) is 0 Å². The molecule has 0 atom stereocenters. The maximum atomic E-state index is 6.13. The SMILES string of the molecule is CNC1(c2cccc(-c3ccccc3OCc3ccccc3)c2)CC1.Cl. The summed E-state index contributed by atoms with van der Waals surface area (Å²) in [4.78, 5) is 0. The number of ether oxygens (including phenoxy) is 1. The Balaban J connectivity index is 0.00000196. The van der Waals surface area contributed by atoms with Crippen molar-refractivity contribution in [1.29, 1.82) is 0 Å². The number of hydrogen-bond donors (Lipinski definition) is 1. The van der Waals surface area contributed by atoms with E-state index in [2.05, 4.69) is 67.0 Å². The summed E-state index contributed by atoms with van der Waals surface area (Å²) >= 11 is 0. The molecule has 3 heteroatoms. The Morgan fingerprint density at radius 3 is 2.35 bits per heavy atom. The predicted octanol–water partition coefficient (Wildman–Crippen LogP) is 5.56. The summed E-state index contributed by atoms with van der Waals surface area (Å²) in [6.45, 7) is 0.581. The van der Waals surface area contributed by atoms with Crippen LogP contribution in [0, 0.1) is 0 Å². The standard InChI is InChI=1S/C23H23NO.ClH/c1-24-23(14-15-23)20-11-7-10-19(16-20)21-12-5-6-13-22(21)25-17-18-8-3-2-4-9-18;/h2-13,16,24H,14-15,17H2,1H3;1H. The number of halogens is 1. The fourth-order valence-corrected chi connectivity index (χ4v) is 3.36. The molecule has 0 aliphatic heterocycles. The molecule has 4 rings (SSSR count). The van der Waals surface area contributed by atoms with Crippen LogP contribution in [0.25, 0.3) is 11.1 Å². The topological polar surface area (TPSA) is 21.3 Å². The van der Waals surface area contributed by atoms with Gasteiger partial charge in [0.1, 0.15) is 12.4 Å². The lowest BCUT2D eigenvalue weighted by Gasteiger charge is -2.17. The van der Waals surface area contributed by atoms with Crippen LogP contribution in [0.3, 0.4) is 0 Å². The van der Waals surface area contributed by atoms with E-state index in [1.165, 1.54) is 29.5 Å². The van der Waals surface area contributed by atoms with Crippen molar-refractivity contribution in [1.82, 2.24) is 5.32 Å². The predicted molar refractivity (Wildman–Crippen MR) is 110 cm³/mol. The molecule has 134 valence electrons. The first-order valence-electron chi connectivity index (χ1n) is 8.86. The monoisotopic (exact) mass is 365 g/mol. The van der Waals surface area contributed by atoms with E-state index in [9.17, 15) is 0 Å². The van der Waals surface area contributed by atoms with E-state index in [-0.39, 0.29) is 17.9 Å². The summed E-state index contributed by atoms with van der Waals surface area (Å²) in [5.74, 6) is 0.929. The van der Waals surface area contributed by atoms with Gasteiger partial charge < -0.3 is 10.1 Å². The lowest BCUT2D eigenvalue weighted by molar-refractivity contribution is 0.307. The van der Waals surface area contributed by atoms with E-state index >= 15 is 0 Å². The number of nitrogens with one attached hydrogen (secondary N) is 1. The van der Waals surface area contributed by atoms with Crippen LogP contribution in [0.5, 0.6) is 5.75 Å². The van der Waals surface area contributed by atoms with Crippen LogP contribution in [0.15, 0.2) is 78.9 Å². The molecule has 26 heavy (non-hydrogen) atoms. The molecule has 0 bridgehead atoms. The molecule has 0 spiro atoms. The van der Waals surface area contributed by atoms with Crippen LogP contribution in [-0.4, -0.2) is 7.05 Å². The number of benzene rings is 3. The zero-order chi connectivity index (χ0) is 17.1. The molecule has 2 nitrogen and oxygen atoms in total. The van der Waals surface area contributed by atoms with Crippen molar-refractivity contribution in [3.63, 3.8) is 0 Å². The minimum Gasteiger partial charge on any atom is -0.488 e. The Kier molecular flexibility index (Phi) is 5.65. The van der Waals surface area contributed by atoms with E-state index in [0.29, 0.717) is 6.61 Å². The Morgan fingerprint density at radius 1 is 0.885 bits per heavy atom. The van der Waals surface area contributed by atoms with Crippen molar-refractivity contribution in [2.45, 2.75) is 25.0 Å². The summed E-state index contributed by atoms with van der Waals surface area (Å²) in [5.41, 5.74) is 5.08. The third kappa shape index (κ3) is 3.77. The minimum atomic E-state index is 0. The molecular weight excluding hydrogens is 342 g/mol. The van der Waals surface area contributed by atoms with Crippen molar-refractivity contribution >= 4 is 12.4 Å². The van der Waals surface area contributed by atoms with Crippen molar-refractivity contribution in [3.05, 3.63) is 90.0 Å². The van der Waals surface area contributed by atoms with Gasteiger partial charge in [0.2, 0.25) is 0 Å². The van der Waals surface area contributed by atoms with Crippen molar-refractivity contribution in [2.24, 2.45) is 0 Å². The van der Waals surface area contributed by atoms with Crippen molar-refractivity contribution in [3.8, 4) is 16.9 Å². The maximum absolute atomic E-state index is 6.13. The molecule has 1 fully saturated rings. The van der Waals surface area contributed by atoms with E-state index < -0.39 is 0 Å². The summed E-state index contributed by atoms with van der Waals surface area (Å²) in [5, 5.41) is 3.48.